The normalized spacial score (nSPS) is 17.3. The molecule has 1 unspecified atom stereocenters. The molecule has 0 aromatic carbocycles. The van der Waals surface area contributed by atoms with Crippen molar-refractivity contribution in [3.63, 3.8) is 0 Å². The van der Waals surface area contributed by atoms with E-state index in [1.807, 2.05) is 20.8 Å². The molecule has 1 fully saturated rings. The second-order valence-corrected chi connectivity index (χ2v) is 5.98. The first-order valence-electron chi connectivity index (χ1n) is 6.83. The van der Waals surface area contributed by atoms with Crippen molar-refractivity contribution in [3.8, 4) is 0 Å². The highest BCUT2D eigenvalue weighted by atomic mass is 16.2. The van der Waals surface area contributed by atoms with E-state index in [9.17, 15) is 14.4 Å². The summed E-state index contributed by atoms with van der Waals surface area (Å²) < 4.78 is 0. The Hall–Kier alpha value is -1.63. The van der Waals surface area contributed by atoms with Gasteiger partial charge in [-0.1, -0.05) is 0 Å². The van der Waals surface area contributed by atoms with Crippen molar-refractivity contribution in [3.05, 3.63) is 0 Å². The van der Waals surface area contributed by atoms with Crippen LogP contribution in [0.5, 0.6) is 0 Å². The molecule has 1 heterocycles. The van der Waals surface area contributed by atoms with E-state index in [0.29, 0.717) is 26.2 Å². The maximum absolute atomic E-state index is 11.9. The van der Waals surface area contributed by atoms with Gasteiger partial charge in [0.15, 0.2) is 0 Å². The van der Waals surface area contributed by atoms with E-state index in [2.05, 4.69) is 16.0 Å². The number of carbonyl (C=O) groups excluding carboxylic acids is 3. The summed E-state index contributed by atoms with van der Waals surface area (Å²) in [6.07, 6.45) is 0. The van der Waals surface area contributed by atoms with Gasteiger partial charge in [-0.3, -0.25) is 14.4 Å². The second kappa shape index (κ2) is 6.69. The van der Waals surface area contributed by atoms with Gasteiger partial charge in [0, 0.05) is 31.7 Å². The van der Waals surface area contributed by atoms with Gasteiger partial charge in [-0.25, -0.2) is 0 Å². The highest BCUT2D eigenvalue weighted by Crippen LogP contribution is 2.00. The van der Waals surface area contributed by atoms with Crippen LogP contribution >= 0.6 is 0 Å². The van der Waals surface area contributed by atoms with Crippen LogP contribution in [0.1, 0.15) is 27.7 Å². The van der Waals surface area contributed by atoms with Crippen LogP contribution in [0.2, 0.25) is 0 Å². The second-order valence-electron chi connectivity index (χ2n) is 5.98. The SMILES string of the molecule is CC(NC(=O)C(=O)N1CCNCC1)C(=O)NC(C)(C)C. The molecule has 0 spiro atoms. The molecule has 7 heteroatoms. The molecule has 1 aliphatic heterocycles. The van der Waals surface area contributed by atoms with Gasteiger partial charge in [-0.2, -0.15) is 0 Å². The molecule has 0 saturated carbocycles. The Kier molecular flexibility index (Phi) is 5.50. The average Bonchev–Trinajstić information content (AvgIpc) is 2.36. The Morgan fingerprint density at radius 2 is 1.70 bits per heavy atom. The van der Waals surface area contributed by atoms with E-state index >= 15 is 0 Å². The number of piperazine rings is 1. The summed E-state index contributed by atoms with van der Waals surface area (Å²) in [6, 6.07) is -0.742. The highest BCUT2D eigenvalue weighted by Gasteiger charge is 2.27. The van der Waals surface area contributed by atoms with Crippen LogP contribution in [0, 0.1) is 0 Å². The van der Waals surface area contributed by atoms with Crippen molar-refractivity contribution < 1.29 is 14.4 Å². The Balaban J connectivity index is 2.48. The quantitative estimate of drug-likeness (QED) is 0.558. The molecule has 0 radical (unpaired) electrons. The zero-order valence-electron chi connectivity index (χ0n) is 12.6. The Morgan fingerprint density at radius 1 is 1.15 bits per heavy atom. The highest BCUT2D eigenvalue weighted by molar-refractivity contribution is 6.35. The summed E-state index contributed by atoms with van der Waals surface area (Å²) in [7, 11) is 0. The number of rotatable bonds is 2. The van der Waals surface area contributed by atoms with E-state index in [1.54, 1.807) is 6.92 Å². The summed E-state index contributed by atoms with van der Waals surface area (Å²) in [4.78, 5) is 37.0. The lowest BCUT2D eigenvalue weighted by molar-refractivity contribution is -0.147. The summed E-state index contributed by atoms with van der Waals surface area (Å²) in [5.74, 6) is -1.62. The Morgan fingerprint density at radius 3 is 2.20 bits per heavy atom. The van der Waals surface area contributed by atoms with Crippen LogP contribution in [-0.4, -0.2) is 60.4 Å². The molecule has 1 atom stereocenters. The molecule has 3 amide bonds. The molecule has 0 aliphatic carbocycles. The average molecular weight is 284 g/mol. The maximum atomic E-state index is 11.9. The smallest absolute Gasteiger partial charge is 0.311 e. The third kappa shape index (κ3) is 5.16. The molecule has 3 N–H and O–H groups in total. The molecule has 0 aromatic heterocycles. The van der Waals surface area contributed by atoms with Crippen molar-refractivity contribution in [1.29, 1.82) is 0 Å². The van der Waals surface area contributed by atoms with Gasteiger partial charge in [0.25, 0.3) is 0 Å². The molecular weight excluding hydrogens is 260 g/mol. The number of nitrogens with one attached hydrogen (secondary N) is 3. The zero-order chi connectivity index (χ0) is 15.3. The molecule has 7 nitrogen and oxygen atoms in total. The first-order valence-corrected chi connectivity index (χ1v) is 6.83. The third-order valence-electron chi connectivity index (χ3n) is 2.84. The number of hydrogen-bond acceptors (Lipinski definition) is 4. The van der Waals surface area contributed by atoms with Gasteiger partial charge in [-0.05, 0) is 27.7 Å². The largest absolute Gasteiger partial charge is 0.350 e. The first-order chi connectivity index (χ1) is 9.20. The van der Waals surface area contributed by atoms with Crippen LogP contribution in [-0.2, 0) is 14.4 Å². The number of amides is 3. The van der Waals surface area contributed by atoms with Gasteiger partial charge >= 0.3 is 11.8 Å². The minimum Gasteiger partial charge on any atom is -0.350 e. The third-order valence-corrected chi connectivity index (χ3v) is 2.84. The number of nitrogens with zero attached hydrogens (tertiary/aromatic N) is 1. The summed E-state index contributed by atoms with van der Waals surface area (Å²) in [6.45, 7) is 9.49. The molecule has 1 saturated heterocycles. The Labute approximate surface area is 119 Å². The van der Waals surface area contributed by atoms with Crippen LogP contribution < -0.4 is 16.0 Å². The van der Waals surface area contributed by atoms with E-state index in [0.717, 1.165) is 0 Å². The van der Waals surface area contributed by atoms with E-state index in [4.69, 9.17) is 0 Å². The topological polar surface area (TPSA) is 90.5 Å². The molecule has 1 rings (SSSR count). The summed E-state index contributed by atoms with van der Waals surface area (Å²) in [5, 5.41) is 8.29. The minimum atomic E-state index is -0.742. The van der Waals surface area contributed by atoms with Crippen molar-refractivity contribution in [2.75, 3.05) is 26.2 Å². The fourth-order valence-electron chi connectivity index (χ4n) is 1.81. The van der Waals surface area contributed by atoms with Crippen molar-refractivity contribution in [2.24, 2.45) is 0 Å². The summed E-state index contributed by atoms with van der Waals surface area (Å²) >= 11 is 0. The maximum Gasteiger partial charge on any atom is 0.311 e. The fraction of sp³-hybridized carbons (Fsp3) is 0.769. The molecule has 114 valence electrons. The first kappa shape index (κ1) is 16.4. The van der Waals surface area contributed by atoms with E-state index in [-0.39, 0.29) is 11.4 Å². The van der Waals surface area contributed by atoms with Crippen molar-refractivity contribution in [1.82, 2.24) is 20.9 Å². The lowest BCUT2D eigenvalue weighted by Gasteiger charge is -2.27. The predicted molar refractivity (Wildman–Crippen MR) is 75.0 cm³/mol. The van der Waals surface area contributed by atoms with Gasteiger partial charge in [0.2, 0.25) is 5.91 Å². The fourth-order valence-corrected chi connectivity index (χ4v) is 1.81. The Bertz CT molecular complexity index is 384. The van der Waals surface area contributed by atoms with Crippen LogP contribution in [0.15, 0.2) is 0 Å². The van der Waals surface area contributed by atoms with E-state index in [1.165, 1.54) is 4.90 Å². The lowest BCUT2D eigenvalue weighted by atomic mass is 10.1. The van der Waals surface area contributed by atoms with Gasteiger partial charge in [-0.15, -0.1) is 0 Å². The van der Waals surface area contributed by atoms with Crippen LogP contribution in [0.3, 0.4) is 0 Å². The molecular formula is C13H24N4O3. The van der Waals surface area contributed by atoms with Crippen LogP contribution in [0.25, 0.3) is 0 Å². The van der Waals surface area contributed by atoms with E-state index < -0.39 is 17.9 Å². The predicted octanol–water partition coefficient (Wildman–Crippen LogP) is -1.16. The lowest BCUT2D eigenvalue weighted by Crippen LogP contribution is -2.55. The zero-order valence-corrected chi connectivity index (χ0v) is 12.6. The summed E-state index contributed by atoms with van der Waals surface area (Å²) in [5.41, 5.74) is -0.376. The number of carbonyl (C=O) groups is 3. The molecule has 1 aliphatic rings. The van der Waals surface area contributed by atoms with Gasteiger partial charge in [0.1, 0.15) is 6.04 Å². The molecule has 0 aromatic rings. The van der Waals surface area contributed by atoms with Gasteiger partial charge < -0.3 is 20.9 Å². The monoisotopic (exact) mass is 284 g/mol. The standard InChI is InChI=1S/C13H24N4O3/c1-9(10(18)16-13(2,3)4)15-11(19)12(20)17-7-5-14-6-8-17/h9,14H,5-8H2,1-4H3,(H,15,19)(H,16,18). The van der Waals surface area contributed by atoms with Gasteiger partial charge in [0.05, 0.1) is 0 Å². The molecule has 0 bridgehead atoms. The molecule has 20 heavy (non-hydrogen) atoms. The minimum absolute atomic E-state index is 0.307. The van der Waals surface area contributed by atoms with Crippen LogP contribution in [0.4, 0.5) is 0 Å². The van der Waals surface area contributed by atoms with Crippen molar-refractivity contribution >= 4 is 17.7 Å². The van der Waals surface area contributed by atoms with Crippen molar-refractivity contribution in [2.45, 2.75) is 39.3 Å². The number of hydrogen-bond donors (Lipinski definition) is 3.